The summed E-state index contributed by atoms with van der Waals surface area (Å²) in [5.41, 5.74) is 0.374. The van der Waals surface area contributed by atoms with Crippen LogP contribution in [0.25, 0.3) is 0 Å². The van der Waals surface area contributed by atoms with Gasteiger partial charge in [0.25, 0.3) is 0 Å². The summed E-state index contributed by atoms with van der Waals surface area (Å²) in [4.78, 5) is 16.5. The smallest absolute Gasteiger partial charge is 0.338 e. The number of halogens is 3. The molecule has 0 spiro atoms. The Balaban J connectivity index is 2.32. The average Bonchev–Trinajstić information content (AvgIpc) is 2.26. The number of aromatic nitrogens is 1. The van der Waals surface area contributed by atoms with Crippen molar-refractivity contribution < 1.29 is 18.0 Å². The number of pyridine rings is 1. The van der Waals surface area contributed by atoms with Gasteiger partial charge in [0, 0.05) is 38.3 Å². The van der Waals surface area contributed by atoms with E-state index in [-0.39, 0.29) is 12.5 Å². The van der Waals surface area contributed by atoms with Gasteiger partial charge in [-0.15, -0.1) is 0 Å². The number of alkyl halides is 3. The number of carbonyl (C=O) groups is 1. The summed E-state index contributed by atoms with van der Waals surface area (Å²) >= 11 is 0. The number of fused-ring (bicyclic) bond motifs is 1. The molecular weight excluding hydrogens is 233 g/mol. The Labute approximate surface area is 96.3 Å². The molecule has 0 aliphatic carbocycles. The summed E-state index contributed by atoms with van der Waals surface area (Å²) in [5.74, 6) is -0.131. The van der Waals surface area contributed by atoms with Gasteiger partial charge in [0.1, 0.15) is 0 Å². The molecule has 6 heteroatoms. The number of rotatable bonds is 0. The molecular formula is C11H11F3N2O. The summed E-state index contributed by atoms with van der Waals surface area (Å²) in [7, 11) is 0. The molecule has 2 rings (SSSR count). The molecule has 3 nitrogen and oxygen atoms in total. The first-order valence-corrected chi connectivity index (χ1v) is 5.18. The fourth-order valence-electron chi connectivity index (χ4n) is 1.85. The monoisotopic (exact) mass is 244 g/mol. The van der Waals surface area contributed by atoms with Crippen LogP contribution in [0.2, 0.25) is 0 Å². The fraction of sp³-hybridized carbons (Fsp3) is 0.455. The molecule has 2 heterocycles. The van der Waals surface area contributed by atoms with Crippen molar-refractivity contribution in [1.82, 2.24) is 9.88 Å². The minimum absolute atomic E-state index is 0.131. The first-order chi connectivity index (χ1) is 7.88. The SMILES string of the molecule is CC(=O)N1CCc2ncc(C(F)(F)F)cc2C1. The number of amides is 1. The maximum atomic E-state index is 12.5. The third kappa shape index (κ3) is 2.40. The number of carbonyl (C=O) groups excluding carboxylic acids is 1. The van der Waals surface area contributed by atoms with Crippen molar-refractivity contribution in [2.45, 2.75) is 26.1 Å². The van der Waals surface area contributed by atoms with E-state index >= 15 is 0 Å². The Morgan fingerprint density at radius 3 is 2.76 bits per heavy atom. The Morgan fingerprint density at radius 2 is 2.18 bits per heavy atom. The van der Waals surface area contributed by atoms with Gasteiger partial charge < -0.3 is 4.90 Å². The first kappa shape index (κ1) is 11.9. The van der Waals surface area contributed by atoms with E-state index in [0.717, 1.165) is 12.3 Å². The Hall–Kier alpha value is -1.59. The van der Waals surface area contributed by atoms with Crippen molar-refractivity contribution in [1.29, 1.82) is 0 Å². The predicted molar refractivity (Wildman–Crippen MR) is 54.0 cm³/mol. The quantitative estimate of drug-likeness (QED) is 0.699. The Kier molecular flexibility index (Phi) is 2.81. The molecule has 17 heavy (non-hydrogen) atoms. The molecule has 0 saturated heterocycles. The van der Waals surface area contributed by atoms with Crippen LogP contribution in [0.1, 0.15) is 23.7 Å². The molecule has 1 amide bonds. The van der Waals surface area contributed by atoms with Crippen LogP contribution < -0.4 is 0 Å². The lowest BCUT2D eigenvalue weighted by atomic mass is 10.0. The van der Waals surface area contributed by atoms with Crippen molar-refractivity contribution in [3.63, 3.8) is 0 Å². The molecule has 0 saturated carbocycles. The van der Waals surface area contributed by atoms with Gasteiger partial charge in [-0.05, 0) is 11.6 Å². The summed E-state index contributed by atoms with van der Waals surface area (Å²) in [5, 5.41) is 0. The normalized spacial score (nSPS) is 15.6. The van der Waals surface area contributed by atoms with E-state index in [4.69, 9.17) is 0 Å². The van der Waals surface area contributed by atoms with Crippen LogP contribution in [0.5, 0.6) is 0 Å². The van der Waals surface area contributed by atoms with Crippen molar-refractivity contribution in [2.75, 3.05) is 6.54 Å². The molecule has 92 valence electrons. The standard InChI is InChI=1S/C11H11F3N2O/c1-7(17)16-3-2-10-8(6-16)4-9(5-15-10)11(12,13)14/h4-5H,2-3,6H2,1H3. The van der Waals surface area contributed by atoms with Crippen LogP contribution in [-0.2, 0) is 23.9 Å². The van der Waals surface area contributed by atoms with Crippen molar-refractivity contribution in [2.24, 2.45) is 0 Å². The summed E-state index contributed by atoms with van der Waals surface area (Å²) in [6.07, 6.45) is -3.03. The molecule has 0 atom stereocenters. The lowest BCUT2D eigenvalue weighted by Gasteiger charge is -2.27. The van der Waals surface area contributed by atoms with E-state index in [1.165, 1.54) is 11.8 Å². The highest BCUT2D eigenvalue weighted by molar-refractivity contribution is 5.73. The van der Waals surface area contributed by atoms with Gasteiger partial charge in [-0.3, -0.25) is 9.78 Å². The number of hydrogen-bond donors (Lipinski definition) is 0. The van der Waals surface area contributed by atoms with E-state index in [1.807, 2.05) is 0 Å². The summed E-state index contributed by atoms with van der Waals surface area (Å²) < 4.78 is 37.5. The highest BCUT2D eigenvalue weighted by atomic mass is 19.4. The molecule has 1 aromatic heterocycles. The zero-order chi connectivity index (χ0) is 12.6. The van der Waals surface area contributed by atoms with Crippen LogP contribution in [0, 0.1) is 0 Å². The second-order valence-electron chi connectivity index (χ2n) is 4.02. The van der Waals surface area contributed by atoms with Gasteiger partial charge in [-0.1, -0.05) is 0 Å². The van der Waals surface area contributed by atoms with E-state index in [0.29, 0.717) is 24.2 Å². The van der Waals surface area contributed by atoms with Gasteiger partial charge in [0.15, 0.2) is 0 Å². The van der Waals surface area contributed by atoms with Gasteiger partial charge in [-0.2, -0.15) is 13.2 Å². The van der Waals surface area contributed by atoms with E-state index in [9.17, 15) is 18.0 Å². The summed E-state index contributed by atoms with van der Waals surface area (Å²) in [6.45, 7) is 2.13. The highest BCUT2D eigenvalue weighted by Gasteiger charge is 2.32. The second kappa shape index (κ2) is 4.01. The maximum absolute atomic E-state index is 12.5. The number of nitrogens with zero attached hydrogens (tertiary/aromatic N) is 2. The van der Waals surface area contributed by atoms with Gasteiger partial charge in [-0.25, -0.2) is 0 Å². The summed E-state index contributed by atoms with van der Waals surface area (Å²) in [6, 6.07) is 1.08. The Morgan fingerprint density at radius 1 is 1.47 bits per heavy atom. The van der Waals surface area contributed by atoms with Gasteiger partial charge in [0.2, 0.25) is 5.91 Å². The van der Waals surface area contributed by atoms with Gasteiger partial charge in [0.05, 0.1) is 5.56 Å². The molecule has 0 N–H and O–H groups in total. The molecule has 0 aromatic carbocycles. The van der Waals surface area contributed by atoms with Gasteiger partial charge >= 0.3 is 6.18 Å². The highest BCUT2D eigenvalue weighted by Crippen LogP contribution is 2.30. The second-order valence-corrected chi connectivity index (χ2v) is 4.02. The molecule has 0 bridgehead atoms. The van der Waals surface area contributed by atoms with Crippen LogP contribution in [-0.4, -0.2) is 22.3 Å². The van der Waals surface area contributed by atoms with E-state index in [2.05, 4.69) is 4.98 Å². The third-order valence-corrected chi connectivity index (χ3v) is 2.81. The fourth-order valence-corrected chi connectivity index (χ4v) is 1.85. The zero-order valence-corrected chi connectivity index (χ0v) is 9.21. The minimum Gasteiger partial charge on any atom is -0.338 e. The van der Waals surface area contributed by atoms with Crippen molar-refractivity contribution in [3.05, 3.63) is 29.1 Å². The Bertz CT molecular complexity index is 457. The predicted octanol–water partition coefficient (Wildman–Crippen LogP) is 2.00. The average molecular weight is 244 g/mol. The zero-order valence-electron chi connectivity index (χ0n) is 9.21. The number of hydrogen-bond acceptors (Lipinski definition) is 2. The van der Waals surface area contributed by atoms with Crippen molar-refractivity contribution in [3.8, 4) is 0 Å². The van der Waals surface area contributed by atoms with Crippen LogP contribution >= 0.6 is 0 Å². The molecule has 1 aliphatic heterocycles. The van der Waals surface area contributed by atoms with Crippen LogP contribution in [0.3, 0.4) is 0 Å². The van der Waals surface area contributed by atoms with E-state index in [1.54, 1.807) is 0 Å². The molecule has 0 radical (unpaired) electrons. The molecule has 1 aliphatic rings. The van der Waals surface area contributed by atoms with Crippen LogP contribution in [0.15, 0.2) is 12.3 Å². The van der Waals surface area contributed by atoms with Crippen molar-refractivity contribution >= 4 is 5.91 Å². The molecule has 0 fully saturated rings. The topological polar surface area (TPSA) is 33.2 Å². The minimum atomic E-state index is -4.39. The molecule has 0 unspecified atom stereocenters. The maximum Gasteiger partial charge on any atom is 0.417 e. The van der Waals surface area contributed by atoms with E-state index < -0.39 is 11.7 Å². The lowest BCUT2D eigenvalue weighted by Crippen LogP contribution is -2.34. The lowest BCUT2D eigenvalue weighted by molar-refractivity contribution is -0.137. The van der Waals surface area contributed by atoms with Crippen LogP contribution in [0.4, 0.5) is 13.2 Å². The molecule has 1 aromatic rings. The first-order valence-electron chi connectivity index (χ1n) is 5.18. The third-order valence-electron chi connectivity index (χ3n) is 2.81. The largest absolute Gasteiger partial charge is 0.417 e.